The second kappa shape index (κ2) is 4.01. The third-order valence-corrected chi connectivity index (χ3v) is 2.07. The molecule has 0 aliphatic heterocycles. The van der Waals surface area contributed by atoms with E-state index in [-0.39, 0.29) is 16.7 Å². The molecule has 0 bridgehead atoms. The fourth-order valence-electron chi connectivity index (χ4n) is 1.02. The average Bonchev–Trinajstić information content (AvgIpc) is 2.07. The third-order valence-electron chi connectivity index (χ3n) is 1.61. The molecule has 1 aromatic heterocycles. The zero-order chi connectivity index (χ0) is 10.7. The van der Waals surface area contributed by atoms with E-state index >= 15 is 0 Å². The number of amides is 2. The van der Waals surface area contributed by atoms with Crippen molar-refractivity contribution in [2.75, 3.05) is 0 Å². The van der Waals surface area contributed by atoms with E-state index < -0.39 is 11.8 Å². The van der Waals surface area contributed by atoms with Crippen molar-refractivity contribution in [2.45, 2.75) is 6.54 Å². The number of carbonyl (C=O) groups is 2. The Hall–Kier alpha value is -1.69. The smallest absolute Gasteiger partial charge is 0.251 e. The minimum absolute atomic E-state index is 0.0556. The van der Waals surface area contributed by atoms with Crippen LogP contribution >= 0.6 is 12.2 Å². The lowest BCUT2D eigenvalue weighted by molar-refractivity contribution is -0.118. The molecule has 0 aliphatic carbocycles. The Morgan fingerprint density at radius 2 is 2.07 bits per heavy atom. The van der Waals surface area contributed by atoms with Gasteiger partial charge in [0.2, 0.25) is 5.91 Å². The van der Waals surface area contributed by atoms with Crippen LogP contribution in [0.1, 0.15) is 10.4 Å². The van der Waals surface area contributed by atoms with Crippen molar-refractivity contribution >= 4 is 24.0 Å². The highest BCUT2D eigenvalue weighted by atomic mass is 32.1. The van der Waals surface area contributed by atoms with Crippen molar-refractivity contribution in [1.29, 1.82) is 0 Å². The predicted octanol–water partition coefficient (Wildman–Crippen LogP) is -0.198. The Kier molecular flexibility index (Phi) is 2.98. The van der Waals surface area contributed by atoms with Gasteiger partial charge in [0.15, 0.2) is 0 Å². The monoisotopic (exact) mass is 211 g/mol. The molecule has 0 saturated carbocycles. The van der Waals surface area contributed by atoms with Crippen LogP contribution in [0.5, 0.6) is 0 Å². The second-order valence-electron chi connectivity index (χ2n) is 2.69. The molecule has 1 heterocycles. The van der Waals surface area contributed by atoms with Crippen LogP contribution in [-0.2, 0) is 11.3 Å². The van der Waals surface area contributed by atoms with Gasteiger partial charge in [-0.3, -0.25) is 9.59 Å². The molecule has 0 spiro atoms. The molecule has 0 unspecified atom stereocenters. The largest absolute Gasteiger partial charge is 0.368 e. The van der Waals surface area contributed by atoms with Gasteiger partial charge >= 0.3 is 0 Å². The number of carbonyl (C=O) groups excluding carboxylic acids is 2. The fourth-order valence-corrected chi connectivity index (χ4v) is 1.31. The van der Waals surface area contributed by atoms with Crippen LogP contribution in [0, 0.1) is 4.64 Å². The first kappa shape index (κ1) is 10.4. The van der Waals surface area contributed by atoms with Gasteiger partial charge in [0.25, 0.3) is 5.91 Å². The lowest BCUT2D eigenvalue weighted by Gasteiger charge is -2.05. The van der Waals surface area contributed by atoms with Crippen molar-refractivity contribution in [3.63, 3.8) is 0 Å². The van der Waals surface area contributed by atoms with Crippen LogP contribution in [-0.4, -0.2) is 16.4 Å². The third kappa shape index (κ3) is 2.17. The van der Waals surface area contributed by atoms with Gasteiger partial charge in [-0.05, 0) is 12.1 Å². The van der Waals surface area contributed by atoms with E-state index in [2.05, 4.69) is 0 Å². The van der Waals surface area contributed by atoms with Gasteiger partial charge in [-0.25, -0.2) is 0 Å². The molecule has 0 fully saturated rings. The Balaban J connectivity index is 3.21. The normalized spacial score (nSPS) is 9.71. The molecule has 2 amide bonds. The van der Waals surface area contributed by atoms with E-state index in [9.17, 15) is 9.59 Å². The molecule has 14 heavy (non-hydrogen) atoms. The van der Waals surface area contributed by atoms with Gasteiger partial charge in [0.1, 0.15) is 11.2 Å². The summed E-state index contributed by atoms with van der Waals surface area (Å²) in [6, 6.07) is 3.08. The summed E-state index contributed by atoms with van der Waals surface area (Å²) in [4.78, 5) is 21.5. The van der Waals surface area contributed by atoms with E-state index in [0.717, 1.165) is 0 Å². The van der Waals surface area contributed by atoms with Crippen molar-refractivity contribution in [2.24, 2.45) is 11.5 Å². The van der Waals surface area contributed by atoms with E-state index in [0.29, 0.717) is 0 Å². The number of primary amides is 2. The van der Waals surface area contributed by atoms with Crippen LogP contribution in [0.2, 0.25) is 0 Å². The molecule has 1 rings (SSSR count). The molecule has 74 valence electrons. The van der Waals surface area contributed by atoms with Crippen LogP contribution in [0.15, 0.2) is 18.3 Å². The standard InChI is InChI=1S/C8H9N3O2S/c9-6(12)4-11-3-1-2-5(7(10)13)8(11)14/h1-3H,4H2,(H2,9,12)(H2,10,13). The highest BCUT2D eigenvalue weighted by molar-refractivity contribution is 7.71. The summed E-state index contributed by atoms with van der Waals surface area (Å²) in [5.74, 6) is -1.14. The van der Waals surface area contributed by atoms with Gasteiger partial charge in [-0.1, -0.05) is 12.2 Å². The molecular formula is C8H9N3O2S. The van der Waals surface area contributed by atoms with Crippen LogP contribution in [0.4, 0.5) is 0 Å². The zero-order valence-corrected chi connectivity index (χ0v) is 8.08. The SMILES string of the molecule is NC(=O)Cn1cccc(C(N)=O)c1=S. The van der Waals surface area contributed by atoms with Gasteiger partial charge < -0.3 is 16.0 Å². The van der Waals surface area contributed by atoms with Gasteiger partial charge in [-0.2, -0.15) is 0 Å². The maximum Gasteiger partial charge on any atom is 0.251 e. The lowest BCUT2D eigenvalue weighted by atomic mass is 10.3. The maximum absolute atomic E-state index is 10.9. The topological polar surface area (TPSA) is 91.1 Å². The van der Waals surface area contributed by atoms with E-state index in [1.807, 2.05) is 0 Å². The minimum atomic E-state index is -0.617. The molecule has 0 aliphatic rings. The molecule has 0 aromatic carbocycles. The summed E-state index contributed by atoms with van der Waals surface area (Å²) in [6.07, 6.45) is 1.57. The van der Waals surface area contributed by atoms with E-state index in [1.165, 1.54) is 10.6 Å². The van der Waals surface area contributed by atoms with Crippen molar-refractivity contribution in [3.8, 4) is 0 Å². The molecule has 0 radical (unpaired) electrons. The summed E-state index contributed by atoms with van der Waals surface area (Å²) in [5.41, 5.74) is 10.3. The number of nitrogens with zero attached hydrogens (tertiary/aromatic N) is 1. The fraction of sp³-hybridized carbons (Fsp3) is 0.125. The summed E-state index contributed by atoms with van der Waals surface area (Å²) < 4.78 is 1.62. The Morgan fingerprint density at radius 3 is 2.57 bits per heavy atom. The molecule has 5 nitrogen and oxygen atoms in total. The highest BCUT2D eigenvalue weighted by Crippen LogP contribution is 2.02. The number of nitrogens with two attached hydrogens (primary N) is 2. The van der Waals surface area contributed by atoms with Crippen LogP contribution in [0.25, 0.3) is 0 Å². The zero-order valence-electron chi connectivity index (χ0n) is 7.27. The highest BCUT2D eigenvalue weighted by Gasteiger charge is 2.05. The van der Waals surface area contributed by atoms with Crippen molar-refractivity contribution < 1.29 is 9.59 Å². The predicted molar refractivity (Wildman–Crippen MR) is 53.0 cm³/mol. The first-order valence-electron chi connectivity index (χ1n) is 3.80. The lowest BCUT2D eigenvalue weighted by Crippen LogP contribution is -2.21. The Bertz CT molecular complexity index is 438. The van der Waals surface area contributed by atoms with Crippen LogP contribution < -0.4 is 11.5 Å². The number of aromatic nitrogens is 1. The van der Waals surface area contributed by atoms with Crippen LogP contribution in [0.3, 0.4) is 0 Å². The first-order chi connectivity index (χ1) is 6.52. The van der Waals surface area contributed by atoms with Crippen molar-refractivity contribution in [1.82, 2.24) is 4.57 Å². The number of hydrogen-bond donors (Lipinski definition) is 2. The summed E-state index contributed by atoms with van der Waals surface area (Å²) >= 11 is 4.94. The number of rotatable bonds is 3. The van der Waals surface area contributed by atoms with Crippen molar-refractivity contribution in [3.05, 3.63) is 28.5 Å². The number of pyridine rings is 1. The number of hydrogen-bond acceptors (Lipinski definition) is 3. The summed E-state index contributed by atoms with van der Waals surface area (Å²) in [5, 5.41) is 0. The second-order valence-corrected chi connectivity index (χ2v) is 3.07. The molecular weight excluding hydrogens is 202 g/mol. The molecule has 1 aromatic rings. The van der Waals surface area contributed by atoms with E-state index in [1.54, 1.807) is 12.3 Å². The Morgan fingerprint density at radius 1 is 1.43 bits per heavy atom. The maximum atomic E-state index is 10.9. The minimum Gasteiger partial charge on any atom is -0.368 e. The molecule has 4 N–H and O–H groups in total. The quantitative estimate of drug-likeness (QED) is 0.678. The molecule has 6 heteroatoms. The van der Waals surface area contributed by atoms with Gasteiger partial charge in [-0.15, -0.1) is 0 Å². The van der Waals surface area contributed by atoms with Gasteiger partial charge in [0, 0.05) is 6.20 Å². The average molecular weight is 211 g/mol. The first-order valence-corrected chi connectivity index (χ1v) is 4.20. The Labute approximate surface area is 85.3 Å². The molecule has 0 saturated heterocycles. The molecule has 0 atom stereocenters. The van der Waals surface area contributed by atoms with Gasteiger partial charge in [0.05, 0.1) is 5.56 Å². The summed E-state index contributed by atoms with van der Waals surface area (Å²) in [6.45, 7) is -0.0556. The van der Waals surface area contributed by atoms with E-state index in [4.69, 9.17) is 23.7 Å². The summed E-state index contributed by atoms with van der Waals surface area (Å²) in [7, 11) is 0.